The Balaban J connectivity index is 1.81. The van der Waals surface area contributed by atoms with Crippen molar-refractivity contribution in [3.05, 3.63) is 22.3 Å². The van der Waals surface area contributed by atoms with Crippen molar-refractivity contribution in [3.63, 3.8) is 0 Å². The Labute approximate surface area is 167 Å². The summed E-state index contributed by atoms with van der Waals surface area (Å²) in [5.41, 5.74) is 4.88. The molecule has 0 aliphatic carbocycles. The predicted molar refractivity (Wildman–Crippen MR) is 97.1 cm³/mol. The number of oxime groups is 1. The summed E-state index contributed by atoms with van der Waals surface area (Å²) < 4.78 is 4.58. The van der Waals surface area contributed by atoms with Crippen LogP contribution in [0, 0.1) is 0 Å². The number of aliphatic carboxylic acids is 1. The average Bonchev–Trinajstić information content (AvgIpc) is 3.34. The molecule has 29 heavy (non-hydrogen) atoms. The maximum atomic E-state index is 12.7. The summed E-state index contributed by atoms with van der Waals surface area (Å²) in [5.74, 6) is -3.79. The Bertz CT molecular complexity index is 955. The van der Waals surface area contributed by atoms with Crippen LogP contribution in [0.1, 0.15) is 5.69 Å². The van der Waals surface area contributed by atoms with Gasteiger partial charge < -0.3 is 25.7 Å². The third-order valence-corrected chi connectivity index (χ3v) is 4.80. The number of ether oxygens (including phenoxy) is 1. The minimum absolute atomic E-state index is 0.0543. The molecule has 1 fully saturated rings. The van der Waals surface area contributed by atoms with Crippen LogP contribution >= 0.6 is 11.3 Å². The molecule has 0 radical (unpaired) electrons. The van der Waals surface area contributed by atoms with Crippen molar-refractivity contribution in [1.82, 2.24) is 20.3 Å². The van der Waals surface area contributed by atoms with Crippen molar-refractivity contribution < 1.29 is 33.9 Å². The fourth-order valence-corrected chi connectivity index (χ4v) is 3.51. The number of carboxylic acid groups (broad SMARTS) is 1. The molecule has 14 heteroatoms. The summed E-state index contributed by atoms with van der Waals surface area (Å²) in [6.45, 7) is -0.199. The minimum atomic E-state index is -1.46. The van der Waals surface area contributed by atoms with Crippen LogP contribution in [0.2, 0.25) is 0 Å². The molecule has 2 amide bonds. The molecule has 0 saturated carbocycles. The summed E-state index contributed by atoms with van der Waals surface area (Å²) in [4.78, 5) is 57.4. The second kappa shape index (κ2) is 7.84. The summed E-state index contributed by atoms with van der Waals surface area (Å²) in [7, 11) is 2.35. The van der Waals surface area contributed by atoms with Gasteiger partial charge in [0.15, 0.2) is 16.5 Å². The second-order valence-electron chi connectivity index (χ2n) is 5.84. The number of amides is 2. The van der Waals surface area contributed by atoms with Crippen LogP contribution in [0.5, 0.6) is 0 Å². The number of nitrogens with one attached hydrogen (secondary N) is 1. The molecule has 0 spiro atoms. The standard InChI is InChI=1S/C15H16N6O7S/c1-27-14(26)6-3-20-4-7(12(23)21(20)10(6)13(24)25)17-11(22)9(19-28-2)8-5-29-15(16)18-8/h5,7H,3-4H2,1-2H3,(H2,16,18)(H,17,22)(H,24,25)/b19-9+/t7-/m0/s1. The van der Waals surface area contributed by atoms with Crippen molar-refractivity contribution in [1.29, 1.82) is 0 Å². The highest BCUT2D eigenvalue weighted by atomic mass is 32.1. The van der Waals surface area contributed by atoms with Gasteiger partial charge in [-0.25, -0.2) is 24.6 Å². The molecule has 13 nitrogen and oxygen atoms in total. The number of carbonyl (C=O) groups is 4. The first-order valence-electron chi connectivity index (χ1n) is 8.05. The van der Waals surface area contributed by atoms with Gasteiger partial charge in [0.25, 0.3) is 11.8 Å². The van der Waals surface area contributed by atoms with Gasteiger partial charge in [-0.2, -0.15) is 0 Å². The highest BCUT2D eigenvalue weighted by Gasteiger charge is 2.49. The zero-order valence-electron chi connectivity index (χ0n) is 15.2. The predicted octanol–water partition coefficient (Wildman–Crippen LogP) is -1.85. The summed E-state index contributed by atoms with van der Waals surface area (Å²) in [6, 6.07) is -1.07. The van der Waals surface area contributed by atoms with E-state index in [4.69, 9.17) is 5.73 Å². The number of rotatable bonds is 6. The topological polar surface area (TPSA) is 177 Å². The number of carbonyl (C=O) groups excluding carboxylic acids is 3. The Kier molecular flexibility index (Phi) is 5.47. The van der Waals surface area contributed by atoms with Crippen LogP contribution < -0.4 is 11.1 Å². The van der Waals surface area contributed by atoms with E-state index in [1.54, 1.807) is 0 Å². The van der Waals surface area contributed by atoms with Crippen molar-refractivity contribution >= 4 is 45.9 Å². The lowest BCUT2D eigenvalue weighted by atomic mass is 10.1. The molecule has 3 heterocycles. The van der Waals surface area contributed by atoms with Crippen molar-refractivity contribution in [2.45, 2.75) is 6.04 Å². The van der Waals surface area contributed by atoms with Crippen molar-refractivity contribution in [3.8, 4) is 0 Å². The number of nitrogen functional groups attached to an aromatic ring is 1. The first-order valence-corrected chi connectivity index (χ1v) is 8.93. The van der Waals surface area contributed by atoms with Crippen LogP contribution in [0.4, 0.5) is 5.13 Å². The van der Waals surface area contributed by atoms with Crippen LogP contribution in [0.25, 0.3) is 0 Å². The lowest BCUT2D eigenvalue weighted by Gasteiger charge is -2.18. The van der Waals surface area contributed by atoms with E-state index in [-0.39, 0.29) is 35.2 Å². The van der Waals surface area contributed by atoms with E-state index in [9.17, 15) is 24.3 Å². The number of esters is 1. The molecule has 154 valence electrons. The lowest BCUT2D eigenvalue weighted by Crippen LogP contribution is -2.46. The molecule has 1 saturated heterocycles. The number of thiazole rings is 1. The third-order valence-electron chi connectivity index (χ3n) is 4.12. The molecule has 1 aromatic heterocycles. The van der Waals surface area contributed by atoms with Gasteiger partial charge in [-0.05, 0) is 0 Å². The average molecular weight is 424 g/mol. The number of hydrazine groups is 1. The van der Waals surface area contributed by atoms with Crippen LogP contribution in [0.3, 0.4) is 0 Å². The second-order valence-corrected chi connectivity index (χ2v) is 6.73. The maximum Gasteiger partial charge on any atom is 0.354 e. The molecule has 0 unspecified atom stereocenters. The molecular weight excluding hydrogens is 408 g/mol. The fraction of sp³-hybridized carbons (Fsp3) is 0.333. The molecule has 4 N–H and O–H groups in total. The molecule has 3 rings (SSSR count). The molecule has 0 bridgehead atoms. The number of nitrogens with zero attached hydrogens (tertiary/aromatic N) is 4. The van der Waals surface area contributed by atoms with Gasteiger partial charge in [0.1, 0.15) is 18.8 Å². The van der Waals surface area contributed by atoms with Gasteiger partial charge >= 0.3 is 11.9 Å². The Morgan fingerprint density at radius 2 is 2.14 bits per heavy atom. The number of fused-ring (bicyclic) bond motifs is 1. The Morgan fingerprint density at radius 3 is 2.69 bits per heavy atom. The first kappa shape index (κ1) is 20.2. The monoisotopic (exact) mass is 424 g/mol. The third kappa shape index (κ3) is 3.62. The zero-order chi connectivity index (χ0) is 21.3. The van der Waals surface area contributed by atoms with E-state index in [1.165, 1.54) is 17.5 Å². The van der Waals surface area contributed by atoms with Gasteiger partial charge in [0.05, 0.1) is 19.2 Å². The molecular formula is C15H16N6O7S. The number of aromatic nitrogens is 1. The van der Waals surface area contributed by atoms with E-state index in [0.717, 1.165) is 23.5 Å². The molecule has 1 aromatic rings. The van der Waals surface area contributed by atoms with Crippen LogP contribution in [-0.2, 0) is 28.8 Å². The van der Waals surface area contributed by atoms with Gasteiger partial charge in [-0.3, -0.25) is 9.59 Å². The van der Waals surface area contributed by atoms with E-state index >= 15 is 0 Å². The van der Waals surface area contributed by atoms with E-state index < -0.39 is 35.5 Å². The number of hydrogen-bond donors (Lipinski definition) is 3. The fourth-order valence-electron chi connectivity index (χ4n) is 2.96. The summed E-state index contributed by atoms with van der Waals surface area (Å²) >= 11 is 1.09. The van der Waals surface area contributed by atoms with E-state index in [2.05, 4.69) is 25.0 Å². The molecule has 0 aromatic carbocycles. The van der Waals surface area contributed by atoms with Crippen molar-refractivity contribution in [2.75, 3.05) is 33.0 Å². The molecule has 2 aliphatic heterocycles. The van der Waals surface area contributed by atoms with Crippen LogP contribution in [0.15, 0.2) is 21.8 Å². The number of methoxy groups -OCH3 is 1. The SMILES string of the molecule is CO/N=C(/C(=O)N[C@H]1CN2CC(C(=O)OC)=C(C(=O)O)N2C1=O)c1csc(N)n1. The largest absolute Gasteiger partial charge is 0.477 e. The van der Waals surface area contributed by atoms with E-state index in [0.29, 0.717) is 0 Å². The van der Waals surface area contributed by atoms with E-state index in [1.807, 2.05) is 0 Å². The first-order chi connectivity index (χ1) is 13.8. The highest BCUT2D eigenvalue weighted by Crippen LogP contribution is 2.30. The lowest BCUT2D eigenvalue weighted by molar-refractivity contribution is -0.143. The van der Waals surface area contributed by atoms with Gasteiger partial charge in [0.2, 0.25) is 0 Å². The van der Waals surface area contributed by atoms with Crippen LogP contribution in [-0.4, -0.2) is 82.9 Å². The van der Waals surface area contributed by atoms with Crippen molar-refractivity contribution in [2.24, 2.45) is 5.16 Å². The smallest absolute Gasteiger partial charge is 0.354 e. The number of hydrogen-bond acceptors (Lipinski definition) is 11. The van der Waals surface area contributed by atoms with Gasteiger partial charge in [0, 0.05) is 11.9 Å². The summed E-state index contributed by atoms with van der Waals surface area (Å²) in [6.07, 6.45) is 0. The highest BCUT2D eigenvalue weighted by molar-refractivity contribution is 7.13. The summed E-state index contributed by atoms with van der Waals surface area (Å²) in [5, 5.41) is 19.4. The molecule has 1 atom stereocenters. The zero-order valence-corrected chi connectivity index (χ0v) is 16.1. The number of carboxylic acids is 1. The maximum absolute atomic E-state index is 12.7. The Hall–Kier alpha value is -3.52. The quantitative estimate of drug-likeness (QED) is 0.267. The Morgan fingerprint density at radius 1 is 1.41 bits per heavy atom. The van der Waals surface area contributed by atoms with Gasteiger partial charge in [-0.1, -0.05) is 5.16 Å². The normalized spacial score (nSPS) is 19.4. The number of nitrogens with two attached hydrogens (primary N) is 1. The number of anilines is 1. The molecule has 2 aliphatic rings. The minimum Gasteiger partial charge on any atom is -0.477 e. The van der Waals surface area contributed by atoms with Gasteiger partial charge in [-0.15, -0.1) is 11.3 Å².